The smallest absolute Gasteiger partial charge is 0.224 e. The second kappa shape index (κ2) is 6.52. The fraction of sp³-hybridized carbons (Fsp3) is 0.278. The number of hydrogen-bond donors (Lipinski definition) is 1. The second-order valence-corrected chi connectivity index (χ2v) is 5.31. The molecule has 114 valence electrons. The van der Waals surface area contributed by atoms with Crippen molar-refractivity contribution in [2.24, 2.45) is 0 Å². The maximum Gasteiger partial charge on any atom is 0.224 e. The largest absolute Gasteiger partial charge is 0.496 e. The molecule has 2 aromatic rings. The summed E-state index contributed by atoms with van der Waals surface area (Å²) in [7, 11) is 1.63. The van der Waals surface area contributed by atoms with Crippen LogP contribution in [0.1, 0.15) is 16.7 Å². The molecule has 0 bridgehead atoms. The van der Waals surface area contributed by atoms with Crippen molar-refractivity contribution in [3.63, 3.8) is 0 Å². The maximum absolute atomic E-state index is 12.1. The zero-order valence-corrected chi connectivity index (χ0v) is 12.6. The third-order valence-corrected chi connectivity index (χ3v) is 3.79. The number of carbonyl (C=O) groups is 1. The highest BCUT2D eigenvalue weighted by Gasteiger charge is 2.13. The van der Waals surface area contributed by atoms with Gasteiger partial charge in [0.1, 0.15) is 11.5 Å². The Kier molecular flexibility index (Phi) is 4.28. The zero-order chi connectivity index (χ0) is 15.4. The number of rotatable bonds is 5. The van der Waals surface area contributed by atoms with Gasteiger partial charge in [-0.05, 0) is 23.3 Å². The van der Waals surface area contributed by atoms with Crippen molar-refractivity contribution in [2.45, 2.75) is 19.4 Å². The molecule has 0 aromatic heterocycles. The SMILES string of the molecule is COc1ccccc1CNC(=O)Cc1ccc2c(c1)CCO2. The fourth-order valence-corrected chi connectivity index (χ4v) is 2.64. The van der Waals surface area contributed by atoms with Crippen LogP contribution < -0.4 is 14.8 Å². The summed E-state index contributed by atoms with van der Waals surface area (Å²) in [5, 5.41) is 2.94. The van der Waals surface area contributed by atoms with E-state index in [-0.39, 0.29) is 5.91 Å². The Morgan fingerprint density at radius 3 is 3.00 bits per heavy atom. The van der Waals surface area contributed by atoms with Gasteiger partial charge < -0.3 is 14.8 Å². The van der Waals surface area contributed by atoms with Crippen molar-refractivity contribution in [1.82, 2.24) is 5.32 Å². The summed E-state index contributed by atoms with van der Waals surface area (Å²) >= 11 is 0. The van der Waals surface area contributed by atoms with E-state index in [4.69, 9.17) is 9.47 Å². The molecule has 0 aliphatic carbocycles. The monoisotopic (exact) mass is 297 g/mol. The first-order chi connectivity index (χ1) is 10.8. The van der Waals surface area contributed by atoms with E-state index in [0.29, 0.717) is 13.0 Å². The quantitative estimate of drug-likeness (QED) is 0.922. The van der Waals surface area contributed by atoms with E-state index in [1.165, 1.54) is 5.56 Å². The summed E-state index contributed by atoms with van der Waals surface area (Å²) in [5.74, 6) is 1.74. The first kappa shape index (κ1) is 14.4. The molecular formula is C18H19NO3. The van der Waals surface area contributed by atoms with Crippen LogP contribution in [0.15, 0.2) is 42.5 Å². The minimum absolute atomic E-state index is 0.00442. The number of methoxy groups -OCH3 is 1. The lowest BCUT2D eigenvalue weighted by molar-refractivity contribution is -0.120. The van der Waals surface area contributed by atoms with Gasteiger partial charge in [0.2, 0.25) is 5.91 Å². The van der Waals surface area contributed by atoms with Gasteiger partial charge in [-0.25, -0.2) is 0 Å². The molecular weight excluding hydrogens is 278 g/mol. The van der Waals surface area contributed by atoms with Crippen LogP contribution in [0.2, 0.25) is 0 Å². The normalized spacial score (nSPS) is 12.4. The van der Waals surface area contributed by atoms with E-state index in [9.17, 15) is 4.79 Å². The van der Waals surface area contributed by atoms with Gasteiger partial charge >= 0.3 is 0 Å². The van der Waals surface area contributed by atoms with Gasteiger partial charge in [0.15, 0.2) is 0 Å². The molecule has 4 nitrogen and oxygen atoms in total. The fourth-order valence-electron chi connectivity index (χ4n) is 2.64. The van der Waals surface area contributed by atoms with Gasteiger partial charge in [-0.3, -0.25) is 4.79 Å². The van der Waals surface area contributed by atoms with Crippen molar-refractivity contribution in [3.8, 4) is 11.5 Å². The Bertz CT molecular complexity index is 682. The number of amides is 1. The van der Waals surface area contributed by atoms with Crippen LogP contribution in [0.25, 0.3) is 0 Å². The van der Waals surface area contributed by atoms with E-state index in [1.807, 2.05) is 36.4 Å². The van der Waals surface area contributed by atoms with E-state index in [2.05, 4.69) is 11.4 Å². The molecule has 1 aliphatic rings. The number of para-hydroxylation sites is 1. The highest BCUT2D eigenvalue weighted by molar-refractivity contribution is 5.78. The lowest BCUT2D eigenvalue weighted by atomic mass is 10.1. The minimum Gasteiger partial charge on any atom is -0.496 e. The molecule has 0 unspecified atom stereocenters. The number of hydrogen-bond acceptors (Lipinski definition) is 3. The number of fused-ring (bicyclic) bond motifs is 1. The van der Waals surface area contributed by atoms with Crippen molar-refractivity contribution in [2.75, 3.05) is 13.7 Å². The van der Waals surface area contributed by atoms with Crippen LogP contribution >= 0.6 is 0 Å². The number of nitrogens with one attached hydrogen (secondary N) is 1. The lowest BCUT2D eigenvalue weighted by Crippen LogP contribution is -2.24. The number of ether oxygens (including phenoxy) is 2. The molecule has 0 fully saturated rings. The third kappa shape index (κ3) is 3.22. The van der Waals surface area contributed by atoms with Crippen molar-refractivity contribution in [1.29, 1.82) is 0 Å². The number of benzene rings is 2. The first-order valence-electron chi connectivity index (χ1n) is 7.39. The third-order valence-electron chi connectivity index (χ3n) is 3.79. The summed E-state index contributed by atoms with van der Waals surface area (Å²) in [6.45, 7) is 1.20. The van der Waals surface area contributed by atoms with E-state index < -0.39 is 0 Å². The topological polar surface area (TPSA) is 47.6 Å². The van der Waals surface area contributed by atoms with Gasteiger partial charge in [0, 0.05) is 18.5 Å². The molecule has 2 aromatic carbocycles. The van der Waals surface area contributed by atoms with E-state index in [1.54, 1.807) is 7.11 Å². The standard InChI is InChI=1S/C18H19NO3/c1-21-16-5-3-2-4-15(16)12-19-18(20)11-13-6-7-17-14(10-13)8-9-22-17/h2-7,10H,8-9,11-12H2,1H3,(H,19,20). The molecule has 22 heavy (non-hydrogen) atoms. The summed E-state index contributed by atoms with van der Waals surface area (Å²) in [6, 6.07) is 13.7. The van der Waals surface area contributed by atoms with Crippen molar-refractivity contribution in [3.05, 3.63) is 59.2 Å². The zero-order valence-electron chi connectivity index (χ0n) is 12.6. The minimum atomic E-state index is 0.00442. The summed E-state index contributed by atoms with van der Waals surface area (Å²) in [5.41, 5.74) is 3.18. The molecule has 0 radical (unpaired) electrons. The van der Waals surface area contributed by atoms with Gasteiger partial charge in [0.05, 0.1) is 20.1 Å². The van der Waals surface area contributed by atoms with Crippen LogP contribution in [0, 0.1) is 0 Å². The molecule has 1 N–H and O–H groups in total. The van der Waals surface area contributed by atoms with E-state index in [0.717, 1.165) is 35.7 Å². The van der Waals surface area contributed by atoms with Gasteiger partial charge in [-0.15, -0.1) is 0 Å². The van der Waals surface area contributed by atoms with Crippen LogP contribution in [0.4, 0.5) is 0 Å². The molecule has 1 aliphatic heterocycles. The molecule has 1 heterocycles. The lowest BCUT2D eigenvalue weighted by Gasteiger charge is -2.10. The highest BCUT2D eigenvalue weighted by atomic mass is 16.5. The predicted molar refractivity (Wildman–Crippen MR) is 84.2 cm³/mol. The Labute approximate surface area is 130 Å². The van der Waals surface area contributed by atoms with Gasteiger partial charge in [-0.1, -0.05) is 30.3 Å². The van der Waals surface area contributed by atoms with Crippen LogP contribution in [-0.4, -0.2) is 19.6 Å². The molecule has 4 heteroatoms. The average molecular weight is 297 g/mol. The Balaban J connectivity index is 1.58. The van der Waals surface area contributed by atoms with Gasteiger partial charge in [0.25, 0.3) is 0 Å². The molecule has 0 saturated heterocycles. The summed E-state index contributed by atoms with van der Waals surface area (Å²) in [4.78, 5) is 12.1. The maximum atomic E-state index is 12.1. The highest BCUT2D eigenvalue weighted by Crippen LogP contribution is 2.26. The molecule has 0 spiro atoms. The summed E-state index contributed by atoms with van der Waals surface area (Å²) in [6.07, 6.45) is 1.30. The molecule has 3 rings (SSSR count). The van der Waals surface area contributed by atoms with Crippen LogP contribution in [0.3, 0.4) is 0 Å². The molecule has 0 saturated carbocycles. The summed E-state index contributed by atoms with van der Waals surface area (Å²) < 4.78 is 10.8. The first-order valence-corrected chi connectivity index (χ1v) is 7.39. The van der Waals surface area contributed by atoms with Crippen molar-refractivity contribution < 1.29 is 14.3 Å². The Hall–Kier alpha value is -2.49. The predicted octanol–water partition coefficient (Wildman–Crippen LogP) is 2.49. The second-order valence-electron chi connectivity index (χ2n) is 5.31. The number of carbonyl (C=O) groups excluding carboxylic acids is 1. The Morgan fingerprint density at radius 1 is 1.27 bits per heavy atom. The molecule has 0 atom stereocenters. The van der Waals surface area contributed by atoms with Crippen molar-refractivity contribution >= 4 is 5.91 Å². The van der Waals surface area contributed by atoms with E-state index >= 15 is 0 Å². The Morgan fingerprint density at radius 2 is 2.14 bits per heavy atom. The molecule has 1 amide bonds. The van der Waals surface area contributed by atoms with Gasteiger partial charge in [-0.2, -0.15) is 0 Å². The van der Waals surface area contributed by atoms with Crippen LogP contribution in [0.5, 0.6) is 11.5 Å². The average Bonchev–Trinajstić information content (AvgIpc) is 3.01. The van der Waals surface area contributed by atoms with Crippen LogP contribution in [-0.2, 0) is 24.2 Å².